The third kappa shape index (κ3) is 3.33. The molecule has 132 valence electrons. The van der Waals surface area contributed by atoms with Gasteiger partial charge in [-0.05, 0) is 32.1 Å². The Morgan fingerprint density at radius 1 is 1.21 bits per heavy atom. The first-order chi connectivity index (χ1) is 11.8. The van der Waals surface area contributed by atoms with Gasteiger partial charge in [0, 0.05) is 50.0 Å². The number of nitrogens with one attached hydrogen (secondary N) is 1. The van der Waals surface area contributed by atoms with Gasteiger partial charge in [0.1, 0.15) is 5.82 Å². The molecule has 0 aromatic carbocycles. The Labute approximate surface area is 147 Å². The van der Waals surface area contributed by atoms with Gasteiger partial charge < -0.3 is 14.8 Å². The number of fused-ring (bicyclic) bond motifs is 1. The number of hydrogen-bond acceptors (Lipinski definition) is 5. The zero-order valence-electron chi connectivity index (χ0n) is 14.2. The summed E-state index contributed by atoms with van der Waals surface area (Å²) in [7, 11) is 0. The van der Waals surface area contributed by atoms with Crippen LogP contribution < -0.4 is 5.32 Å². The molecule has 2 atom stereocenters. The molecule has 6 nitrogen and oxygen atoms in total. The van der Waals surface area contributed by atoms with E-state index < -0.39 is 0 Å². The van der Waals surface area contributed by atoms with Crippen molar-refractivity contribution in [3.63, 3.8) is 0 Å². The van der Waals surface area contributed by atoms with Gasteiger partial charge in [-0.2, -0.15) is 11.8 Å². The zero-order chi connectivity index (χ0) is 16.4. The first-order valence-corrected chi connectivity index (χ1v) is 10.5. The Bertz CT molecular complexity index is 584. The van der Waals surface area contributed by atoms with Gasteiger partial charge in [-0.15, -0.1) is 10.2 Å². The fourth-order valence-electron chi connectivity index (χ4n) is 4.15. The first kappa shape index (κ1) is 16.4. The molecule has 0 aliphatic carbocycles. The zero-order valence-corrected chi connectivity index (χ0v) is 15.1. The van der Waals surface area contributed by atoms with Crippen LogP contribution in [0.5, 0.6) is 0 Å². The summed E-state index contributed by atoms with van der Waals surface area (Å²) in [5.41, 5.74) is 0. The molecule has 2 fully saturated rings. The number of rotatable bonds is 3. The largest absolute Gasteiger partial charge is 0.332 e. The number of piperidine rings is 1. The predicted molar refractivity (Wildman–Crippen MR) is 95.0 cm³/mol. The summed E-state index contributed by atoms with van der Waals surface area (Å²) >= 11 is 1.95. The smallest absolute Gasteiger partial charge is 0.224 e. The molecular formula is C17H27N5OS. The molecule has 0 bridgehead atoms. The number of carbonyl (C=O) groups excluding carboxylic acids is 1. The number of aryl methyl sites for hydroxylation is 1. The lowest BCUT2D eigenvalue weighted by molar-refractivity contribution is -0.135. The standard InChI is InChI=1S/C17H27N5OS/c23-16(11-13-12-24-10-7-18-13)21-8-3-1-5-14(21)17-20-19-15-6-2-4-9-22(15)17/h13-14,18H,1-12H2. The number of carbonyl (C=O) groups is 1. The van der Waals surface area contributed by atoms with E-state index in [9.17, 15) is 4.79 Å². The fraction of sp³-hybridized carbons (Fsp3) is 0.824. The average molecular weight is 350 g/mol. The molecule has 4 heterocycles. The van der Waals surface area contributed by atoms with Crippen molar-refractivity contribution in [1.29, 1.82) is 0 Å². The quantitative estimate of drug-likeness (QED) is 0.901. The maximum Gasteiger partial charge on any atom is 0.224 e. The SMILES string of the molecule is O=C(CC1CSCCN1)N1CCCCC1c1nnc2n1CCCC2. The third-order valence-electron chi connectivity index (χ3n) is 5.43. The van der Waals surface area contributed by atoms with Crippen molar-refractivity contribution in [2.24, 2.45) is 0 Å². The summed E-state index contributed by atoms with van der Waals surface area (Å²) in [5, 5.41) is 12.4. The molecule has 2 saturated heterocycles. The van der Waals surface area contributed by atoms with E-state index in [1.807, 2.05) is 11.8 Å². The van der Waals surface area contributed by atoms with Crippen LogP contribution in [0.25, 0.3) is 0 Å². The average Bonchev–Trinajstić information content (AvgIpc) is 3.06. The molecule has 3 aliphatic heterocycles. The van der Waals surface area contributed by atoms with Crippen molar-refractivity contribution in [3.05, 3.63) is 11.6 Å². The summed E-state index contributed by atoms with van der Waals surface area (Å²) < 4.78 is 2.29. The third-order valence-corrected chi connectivity index (χ3v) is 6.56. The van der Waals surface area contributed by atoms with Crippen LogP contribution in [0.4, 0.5) is 0 Å². The Morgan fingerprint density at radius 3 is 3.00 bits per heavy atom. The van der Waals surface area contributed by atoms with Crippen LogP contribution >= 0.6 is 11.8 Å². The van der Waals surface area contributed by atoms with Gasteiger partial charge >= 0.3 is 0 Å². The molecule has 1 aromatic rings. The summed E-state index contributed by atoms with van der Waals surface area (Å²) in [5.74, 6) is 4.63. The lowest BCUT2D eigenvalue weighted by Crippen LogP contribution is -2.45. The van der Waals surface area contributed by atoms with Crippen LogP contribution in [0, 0.1) is 0 Å². The summed E-state index contributed by atoms with van der Waals surface area (Å²) in [4.78, 5) is 15.1. The van der Waals surface area contributed by atoms with E-state index in [2.05, 4.69) is 25.0 Å². The first-order valence-electron chi connectivity index (χ1n) is 9.35. The highest BCUT2D eigenvalue weighted by atomic mass is 32.2. The van der Waals surface area contributed by atoms with Crippen LogP contribution in [0.15, 0.2) is 0 Å². The highest BCUT2D eigenvalue weighted by Crippen LogP contribution is 2.32. The van der Waals surface area contributed by atoms with E-state index in [-0.39, 0.29) is 11.9 Å². The van der Waals surface area contributed by atoms with E-state index in [4.69, 9.17) is 0 Å². The Balaban J connectivity index is 1.50. The molecule has 4 rings (SSSR count). The fourth-order valence-corrected chi connectivity index (χ4v) is 5.10. The molecule has 24 heavy (non-hydrogen) atoms. The molecule has 1 N–H and O–H groups in total. The minimum absolute atomic E-state index is 0.127. The summed E-state index contributed by atoms with van der Waals surface area (Å²) in [6.07, 6.45) is 7.35. The van der Waals surface area contributed by atoms with Crippen molar-refractivity contribution >= 4 is 17.7 Å². The van der Waals surface area contributed by atoms with Crippen LogP contribution in [-0.4, -0.2) is 56.2 Å². The van der Waals surface area contributed by atoms with Gasteiger partial charge in [0.05, 0.1) is 6.04 Å². The Morgan fingerprint density at radius 2 is 2.12 bits per heavy atom. The van der Waals surface area contributed by atoms with E-state index in [0.29, 0.717) is 12.5 Å². The van der Waals surface area contributed by atoms with Gasteiger partial charge in [0.2, 0.25) is 5.91 Å². The molecule has 7 heteroatoms. The number of amides is 1. The van der Waals surface area contributed by atoms with Gasteiger partial charge in [-0.3, -0.25) is 4.79 Å². The molecule has 1 amide bonds. The van der Waals surface area contributed by atoms with Crippen molar-refractivity contribution in [2.45, 2.75) is 63.6 Å². The second-order valence-electron chi connectivity index (χ2n) is 7.11. The molecule has 2 unspecified atom stereocenters. The maximum atomic E-state index is 13.0. The minimum atomic E-state index is 0.127. The van der Waals surface area contributed by atoms with Crippen molar-refractivity contribution in [3.8, 4) is 0 Å². The Kier molecular flexibility index (Phi) is 5.08. The lowest BCUT2D eigenvalue weighted by atomic mass is 9.99. The minimum Gasteiger partial charge on any atom is -0.332 e. The van der Waals surface area contributed by atoms with Crippen LogP contribution in [0.2, 0.25) is 0 Å². The number of hydrogen-bond donors (Lipinski definition) is 1. The highest BCUT2D eigenvalue weighted by Gasteiger charge is 2.33. The molecule has 0 radical (unpaired) electrons. The van der Waals surface area contributed by atoms with E-state index >= 15 is 0 Å². The van der Waals surface area contributed by atoms with E-state index in [1.165, 1.54) is 19.3 Å². The molecular weight excluding hydrogens is 322 g/mol. The van der Waals surface area contributed by atoms with Gasteiger partial charge in [0.25, 0.3) is 0 Å². The Hall–Kier alpha value is -1.08. The number of nitrogens with zero attached hydrogens (tertiary/aromatic N) is 4. The highest BCUT2D eigenvalue weighted by molar-refractivity contribution is 7.99. The van der Waals surface area contributed by atoms with E-state index in [0.717, 1.165) is 62.1 Å². The topological polar surface area (TPSA) is 63.1 Å². The molecule has 0 saturated carbocycles. The maximum absolute atomic E-state index is 13.0. The van der Waals surface area contributed by atoms with Crippen molar-refractivity contribution in [1.82, 2.24) is 25.0 Å². The van der Waals surface area contributed by atoms with Gasteiger partial charge in [-0.25, -0.2) is 0 Å². The summed E-state index contributed by atoms with van der Waals surface area (Å²) in [6, 6.07) is 0.452. The van der Waals surface area contributed by atoms with Crippen molar-refractivity contribution < 1.29 is 4.79 Å². The number of likely N-dealkylation sites (tertiary alicyclic amines) is 1. The molecule has 1 aromatic heterocycles. The number of thioether (sulfide) groups is 1. The van der Waals surface area contributed by atoms with Crippen molar-refractivity contribution in [2.75, 3.05) is 24.6 Å². The second kappa shape index (κ2) is 7.44. The van der Waals surface area contributed by atoms with Crippen LogP contribution in [0.3, 0.4) is 0 Å². The summed E-state index contributed by atoms with van der Waals surface area (Å²) in [6.45, 7) is 2.90. The predicted octanol–water partition coefficient (Wildman–Crippen LogP) is 1.76. The normalized spacial score (nSPS) is 27.8. The van der Waals surface area contributed by atoms with Crippen LogP contribution in [-0.2, 0) is 17.8 Å². The molecule has 3 aliphatic rings. The second-order valence-corrected chi connectivity index (χ2v) is 8.26. The van der Waals surface area contributed by atoms with Gasteiger partial charge in [0.15, 0.2) is 5.82 Å². The number of aromatic nitrogens is 3. The van der Waals surface area contributed by atoms with Gasteiger partial charge in [-0.1, -0.05) is 0 Å². The van der Waals surface area contributed by atoms with Crippen LogP contribution in [0.1, 0.15) is 56.2 Å². The lowest BCUT2D eigenvalue weighted by Gasteiger charge is -2.37. The monoisotopic (exact) mass is 349 g/mol. The van der Waals surface area contributed by atoms with E-state index in [1.54, 1.807) is 0 Å². The molecule has 0 spiro atoms.